The second-order valence-corrected chi connectivity index (χ2v) is 6.84. The molecule has 0 aliphatic heterocycles. The van der Waals surface area contributed by atoms with E-state index >= 15 is 0 Å². The minimum atomic E-state index is -0.144. The fourth-order valence-corrected chi connectivity index (χ4v) is 3.91. The summed E-state index contributed by atoms with van der Waals surface area (Å²) < 4.78 is 0. The molecule has 108 valence electrons. The molecule has 0 fully saturated rings. The van der Waals surface area contributed by atoms with Gasteiger partial charge in [-0.15, -0.1) is 22.7 Å². The highest BCUT2D eigenvalue weighted by Gasteiger charge is 2.19. The first kappa shape index (κ1) is 14.0. The molecule has 0 aliphatic carbocycles. The van der Waals surface area contributed by atoms with E-state index in [0.717, 1.165) is 20.8 Å². The molecule has 0 aliphatic rings. The Labute approximate surface area is 130 Å². The first-order chi connectivity index (χ1) is 10.1. The van der Waals surface area contributed by atoms with Crippen LogP contribution in [0.5, 0.6) is 0 Å². The molecule has 0 saturated carbocycles. The average molecular weight is 317 g/mol. The summed E-state index contributed by atoms with van der Waals surface area (Å²) in [5, 5.41) is 5.83. The Bertz CT molecular complexity index is 793. The number of rotatable bonds is 3. The zero-order chi connectivity index (χ0) is 15.0. The SMILES string of the molecule is Cc1ccc2c(N)c(C(=O)NC(C)c3cccs3)sc2n1. The van der Waals surface area contributed by atoms with E-state index in [1.165, 1.54) is 11.3 Å². The zero-order valence-corrected chi connectivity index (χ0v) is 13.3. The molecule has 21 heavy (non-hydrogen) atoms. The number of hydrogen-bond donors (Lipinski definition) is 2. The summed E-state index contributed by atoms with van der Waals surface area (Å²) in [5.41, 5.74) is 7.53. The van der Waals surface area contributed by atoms with Crippen LogP contribution in [-0.4, -0.2) is 10.9 Å². The Morgan fingerprint density at radius 3 is 2.90 bits per heavy atom. The molecule has 3 heterocycles. The van der Waals surface area contributed by atoms with E-state index < -0.39 is 0 Å². The molecule has 3 N–H and O–H groups in total. The van der Waals surface area contributed by atoms with Crippen LogP contribution < -0.4 is 11.1 Å². The Balaban J connectivity index is 1.89. The van der Waals surface area contributed by atoms with Gasteiger partial charge in [0, 0.05) is 16.0 Å². The third kappa shape index (κ3) is 2.64. The predicted molar refractivity (Wildman–Crippen MR) is 89.0 cm³/mol. The molecule has 4 nitrogen and oxygen atoms in total. The largest absolute Gasteiger partial charge is 0.397 e. The fourth-order valence-electron chi connectivity index (χ4n) is 2.13. The van der Waals surface area contributed by atoms with Crippen molar-refractivity contribution in [2.45, 2.75) is 19.9 Å². The Morgan fingerprint density at radius 2 is 2.19 bits per heavy atom. The number of hydrogen-bond acceptors (Lipinski definition) is 5. The van der Waals surface area contributed by atoms with Crippen LogP contribution in [0.15, 0.2) is 29.6 Å². The van der Waals surface area contributed by atoms with Gasteiger partial charge < -0.3 is 11.1 Å². The van der Waals surface area contributed by atoms with E-state index in [1.54, 1.807) is 11.3 Å². The molecule has 0 spiro atoms. The number of nitrogens with one attached hydrogen (secondary N) is 1. The van der Waals surface area contributed by atoms with Crippen molar-refractivity contribution in [3.8, 4) is 0 Å². The fraction of sp³-hybridized carbons (Fsp3) is 0.200. The van der Waals surface area contributed by atoms with Crippen LogP contribution in [0.4, 0.5) is 5.69 Å². The van der Waals surface area contributed by atoms with Gasteiger partial charge in [0.05, 0.1) is 11.7 Å². The number of fused-ring (bicyclic) bond motifs is 1. The van der Waals surface area contributed by atoms with Crippen molar-refractivity contribution in [1.82, 2.24) is 10.3 Å². The van der Waals surface area contributed by atoms with Crippen molar-refractivity contribution < 1.29 is 4.79 Å². The summed E-state index contributed by atoms with van der Waals surface area (Å²) in [4.78, 5) is 19.3. The zero-order valence-electron chi connectivity index (χ0n) is 11.7. The first-order valence-electron chi connectivity index (χ1n) is 6.56. The lowest BCUT2D eigenvalue weighted by molar-refractivity contribution is 0.0945. The van der Waals surface area contributed by atoms with Gasteiger partial charge in [0.1, 0.15) is 9.71 Å². The van der Waals surface area contributed by atoms with E-state index in [-0.39, 0.29) is 11.9 Å². The van der Waals surface area contributed by atoms with Gasteiger partial charge in [0.25, 0.3) is 5.91 Å². The smallest absolute Gasteiger partial charge is 0.264 e. The average Bonchev–Trinajstić information content (AvgIpc) is 3.07. The third-order valence-corrected chi connectivity index (χ3v) is 5.43. The highest BCUT2D eigenvalue weighted by atomic mass is 32.1. The second kappa shape index (κ2) is 5.46. The number of aryl methyl sites for hydroxylation is 1. The molecular weight excluding hydrogens is 302 g/mol. The number of nitrogens with zero attached hydrogens (tertiary/aromatic N) is 1. The van der Waals surface area contributed by atoms with Gasteiger partial charge in [-0.3, -0.25) is 4.79 Å². The quantitative estimate of drug-likeness (QED) is 0.773. The van der Waals surface area contributed by atoms with Crippen LogP contribution in [0.1, 0.15) is 33.2 Å². The number of aromatic nitrogens is 1. The third-order valence-electron chi connectivity index (χ3n) is 3.26. The van der Waals surface area contributed by atoms with E-state index in [9.17, 15) is 4.79 Å². The standard InChI is InChI=1S/C15H15N3OS2/c1-8-5-6-10-12(16)13(21-15(10)17-8)14(19)18-9(2)11-4-3-7-20-11/h3-7,9H,16H2,1-2H3,(H,18,19). The number of carbonyl (C=O) groups is 1. The number of pyridine rings is 1. The van der Waals surface area contributed by atoms with Crippen molar-refractivity contribution in [3.63, 3.8) is 0 Å². The minimum absolute atomic E-state index is 0.0307. The van der Waals surface area contributed by atoms with Gasteiger partial charge in [-0.1, -0.05) is 6.07 Å². The van der Waals surface area contributed by atoms with Crippen LogP contribution in [0, 0.1) is 6.92 Å². The van der Waals surface area contributed by atoms with Crippen LogP contribution in [0.25, 0.3) is 10.2 Å². The predicted octanol–water partition coefficient (Wildman–Crippen LogP) is 3.74. The Hall–Kier alpha value is -1.92. The van der Waals surface area contributed by atoms with Gasteiger partial charge in [-0.2, -0.15) is 0 Å². The highest BCUT2D eigenvalue weighted by molar-refractivity contribution is 7.21. The maximum absolute atomic E-state index is 12.4. The van der Waals surface area contributed by atoms with E-state index in [1.807, 2.05) is 43.5 Å². The van der Waals surface area contributed by atoms with Crippen LogP contribution >= 0.6 is 22.7 Å². The van der Waals surface area contributed by atoms with Gasteiger partial charge >= 0.3 is 0 Å². The molecular formula is C15H15N3OS2. The number of amides is 1. The molecule has 0 bridgehead atoms. The van der Waals surface area contributed by atoms with Gasteiger partial charge in [-0.05, 0) is 37.4 Å². The number of thiophene rings is 2. The molecule has 3 aromatic heterocycles. The molecule has 0 saturated heterocycles. The van der Waals surface area contributed by atoms with Crippen molar-refractivity contribution in [2.75, 3.05) is 5.73 Å². The summed E-state index contributed by atoms with van der Waals surface area (Å²) >= 11 is 2.97. The topological polar surface area (TPSA) is 68.0 Å². The van der Waals surface area contributed by atoms with E-state index in [4.69, 9.17) is 5.73 Å². The normalized spacial score (nSPS) is 12.5. The lowest BCUT2D eigenvalue weighted by Crippen LogP contribution is -2.25. The summed E-state index contributed by atoms with van der Waals surface area (Å²) in [6.45, 7) is 3.89. The van der Waals surface area contributed by atoms with Crippen molar-refractivity contribution in [2.24, 2.45) is 0 Å². The molecule has 1 atom stereocenters. The monoisotopic (exact) mass is 317 g/mol. The molecule has 3 rings (SSSR count). The van der Waals surface area contributed by atoms with Gasteiger partial charge in [0.2, 0.25) is 0 Å². The van der Waals surface area contributed by atoms with Crippen LogP contribution in [0.2, 0.25) is 0 Å². The molecule has 1 amide bonds. The second-order valence-electron chi connectivity index (χ2n) is 4.86. The molecule has 0 radical (unpaired) electrons. The maximum Gasteiger partial charge on any atom is 0.264 e. The summed E-state index contributed by atoms with van der Waals surface area (Å²) in [6, 6.07) is 7.78. The first-order valence-corrected chi connectivity index (χ1v) is 8.25. The van der Waals surface area contributed by atoms with Crippen molar-refractivity contribution in [3.05, 3.63) is 45.1 Å². The number of nitrogen functional groups attached to an aromatic ring is 1. The van der Waals surface area contributed by atoms with E-state index in [0.29, 0.717) is 10.6 Å². The van der Waals surface area contributed by atoms with Crippen LogP contribution in [0.3, 0.4) is 0 Å². The van der Waals surface area contributed by atoms with Crippen molar-refractivity contribution >= 4 is 44.5 Å². The lowest BCUT2D eigenvalue weighted by atomic mass is 10.2. The maximum atomic E-state index is 12.4. The number of carbonyl (C=O) groups excluding carboxylic acids is 1. The van der Waals surface area contributed by atoms with E-state index in [2.05, 4.69) is 10.3 Å². The molecule has 3 aromatic rings. The number of nitrogens with two attached hydrogens (primary N) is 1. The number of anilines is 1. The summed E-state index contributed by atoms with van der Waals surface area (Å²) in [6.07, 6.45) is 0. The molecule has 6 heteroatoms. The summed E-state index contributed by atoms with van der Waals surface area (Å²) in [5.74, 6) is -0.144. The van der Waals surface area contributed by atoms with Crippen LogP contribution in [-0.2, 0) is 0 Å². The summed E-state index contributed by atoms with van der Waals surface area (Å²) in [7, 11) is 0. The molecule has 0 aromatic carbocycles. The van der Waals surface area contributed by atoms with Gasteiger partial charge in [-0.25, -0.2) is 4.98 Å². The lowest BCUT2D eigenvalue weighted by Gasteiger charge is -2.11. The van der Waals surface area contributed by atoms with Crippen molar-refractivity contribution in [1.29, 1.82) is 0 Å². The highest BCUT2D eigenvalue weighted by Crippen LogP contribution is 2.33. The Kier molecular flexibility index (Phi) is 3.65. The Morgan fingerprint density at radius 1 is 1.38 bits per heavy atom. The molecule has 1 unspecified atom stereocenters. The minimum Gasteiger partial charge on any atom is -0.397 e. The van der Waals surface area contributed by atoms with Gasteiger partial charge in [0.15, 0.2) is 0 Å².